The van der Waals surface area contributed by atoms with Gasteiger partial charge in [0.15, 0.2) is 0 Å². The summed E-state index contributed by atoms with van der Waals surface area (Å²) in [6.07, 6.45) is 2.08. The van der Waals surface area contributed by atoms with Crippen LogP contribution in [0.15, 0.2) is 48.5 Å². The molecule has 1 spiro atoms. The van der Waals surface area contributed by atoms with Crippen molar-refractivity contribution in [3.05, 3.63) is 59.1 Å². The normalized spacial score (nSPS) is 30.7. The number of fused-ring (bicyclic) bond motifs is 1. The summed E-state index contributed by atoms with van der Waals surface area (Å²) in [5.41, 5.74) is 2.01. The van der Waals surface area contributed by atoms with E-state index in [1.807, 2.05) is 70.2 Å². The minimum atomic E-state index is -0.849. The zero-order valence-electron chi connectivity index (χ0n) is 22.7. The Kier molecular flexibility index (Phi) is 7.50. The molecule has 208 valence electrons. The van der Waals surface area contributed by atoms with E-state index in [9.17, 15) is 19.5 Å². The zero-order chi connectivity index (χ0) is 28.1. The van der Waals surface area contributed by atoms with Crippen LogP contribution in [0.1, 0.15) is 45.6 Å². The van der Waals surface area contributed by atoms with E-state index in [1.54, 1.807) is 22.7 Å². The summed E-state index contributed by atoms with van der Waals surface area (Å²) in [6.45, 7) is 7.65. The van der Waals surface area contributed by atoms with Gasteiger partial charge in [0.25, 0.3) is 0 Å². The van der Waals surface area contributed by atoms with Crippen molar-refractivity contribution in [2.75, 3.05) is 17.2 Å². The molecular weight excluding hydrogens is 534 g/mol. The van der Waals surface area contributed by atoms with Crippen LogP contribution in [-0.2, 0) is 14.4 Å². The van der Waals surface area contributed by atoms with Crippen LogP contribution in [0.3, 0.4) is 0 Å². The summed E-state index contributed by atoms with van der Waals surface area (Å²) in [5, 5.41) is 17.0. The van der Waals surface area contributed by atoms with E-state index < -0.39 is 33.4 Å². The number of amides is 3. The topological polar surface area (TPSA) is 98.7 Å². The molecule has 3 amide bonds. The molecule has 0 aromatic heterocycles. The summed E-state index contributed by atoms with van der Waals surface area (Å²) >= 11 is 8.08. The molecule has 2 bridgehead atoms. The highest BCUT2D eigenvalue weighted by molar-refractivity contribution is 8.02. The number of aliphatic hydroxyl groups is 1. The fourth-order valence-corrected chi connectivity index (χ4v) is 9.57. The number of para-hydroxylation sites is 2. The van der Waals surface area contributed by atoms with Gasteiger partial charge >= 0.3 is 0 Å². The van der Waals surface area contributed by atoms with E-state index in [0.29, 0.717) is 29.2 Å². The Morgan fingerprint density at radius 3 is 2.49 bits per heavy atom. The van der Waals surface area contributed by atoms with Gasteiger partial charge < -0.3 is 20.6 Å². The Balaban J connectivity index is 1.58. The highest BCUT2D eigenvalue weighted by atomic mass is 35.5. The Morgan fingerprint density at radius 2 is 1.85 bits per heavy atom. The lowest BCUT2D eigenvalue weighted by molar-refractivity contribution is -0.142. The molecule has 2 aromatic carbocycles. The standard InChI is InChI=1S/C30H36ClN3O4S/c1-5-17(2)21(16-35)34-25(27(37)33-24-18(3)10-9-13-20(24)31)30-15-14-29(4,39-30)22(23(30)28(34)38)26(36)32-19-11-7-6-8-12-19/h6-13,17,21-23,25,35H,5,14-16H2,1-4H3,(H,32,36)(H,33,37)/t17-,21-,22-,23-,25?,29+,30?/m0/s1. The van der Waals surface area contributed by atoms with Crippen LogP contribution in [0.5, 0.6) is 0 Å². The summed E-state index contributed by atoms with van der Waals surface area (Å²) in [5.74, 6) is -2.09. The molecule has 0 radical (unpaired) electrons. The molecular formula is C30H36ClN3O4S. The lowest BCUT2D eigenvalue weighted by Gasteiger charge is -2.39. The lowest BCUT2D eigenvalue weighted by Crippen LogP contribution is -2.56. The van der Waals surface area contributed by atoms with Gasteiger partial charge in [-0.15, -0.1) is 11.8 Å². The summed E-state index contributed by atoms with van der Waals surface area (Å²) in [7, 11) is 0. The minimum Gasteiger partial charge on any atom is -0.394 e. The quantitative estimate of drug-likeness (QED) is 0.410. The molecule has 5 rings (SSSR count). The summed E-state index contributed by atoms with van der Waals surface area (Å²) in [6, 6.07) is 13.3. The number of rotatable bonds is 8. The number of anilines is 2. The average Bonchev–Trinajstić information content (AvgIpc) is 3.48. The Bertz CT molecular complexity index is 1270. The van der Waals surface area contributed by atoms with Crippen molar-refractivity contribution in [2.24, 2.45) is 17.8 Å². The van der Waals surface area contributed by atoms with Crippen molar-refractivity contribution in [1.29, 1.82) is 0 Å². The van der Waals surface area contributed by atoms with Crippen molar-refractivity contribution in [1.82, 2.24) is 4.90 Å². The number of aryl methyl sites for hydroxylation is 1. The molecule has 7 nitrogen and oxygen atoms in total. The number of nitrogens with one attached hydrogen (secondary N) is 2. The number of aliphatic hydroxyl groups excluding tert-OH is 1. The number of carbonyl (C=O) groups excluding carboxylic acids is 3. The Labute approximate surface area is 239 Å². The zero-order valence-corrected chi connectivity index (χ0v) is 24.3. The van der Waals surface area contributed by atoms with Gasteiger partial charge in [-0.2, -0.15) is 0 Å². The second kappa shape index (κ2) is 10.5. The number of thioether (sulfide) groups is 1. The maximum atomic E-state index is 14.4. The predicted molar refractivity (Wildman–Crippen MR) is 156 cm³/mol. The Morgan fingerprint density at radius 1 is 1.13 bits per heavy atom. The minimum absolute atomic E-state index is 0.0408. The first-order chi connectivity index (χ1) is 18.6. The van der Waals surface area contributed by atoms with Crippen molar-refractivity contribution in [2.45, 2.75) is 68.5 Å². The molecule has 3 saturated heterocycles. The van der Waals surface area contributed by atoms with E-state index in [2.05, 4.69) is 10.6 Å². The number of halogens is 1. The molecule has 2 unspecified atom stereocenters. The first-order valence-electron chi connectivity index (χ1n) is 13.6. The molecule has 0 aliphatic carbocycles. The van der Waals surface area contributed by atoms with Gasteiger partial charge in [-0.25, -0.2) is 0 Å². The van der Waals surface area contributed by atoms with Crippen LogP contribution in [-0.4, -0.2) is 55.9 Å². The summed E-state index contributed by atoms with van der Waals surface area (Å²) < 4.78 is -1.28. The highest BCUT2D eigenvalue weighted by Gasteiger charge is 2.77. The van der Waals surface area contributed by atoms with Gasteiger partial charge in [0.05, 0.1) is 39.9 Å². The molecule has 3 aliphatic heterocycles. The van der Waals surface area contributed by atoms with Gasteiger partial charge in [-0.05, 0) is 56.4 Å². The van der Waals surface area contributed by atoms with Gasteiger partial charge in [0, 0.05) is 10.4 Å². The number of nitrogens with zero attached hydrogens (tertiary/aromatic N) is 1. The average molecular weight is 570 g/mol. The van der Waals surface area contributed by atoms with Crippen molar-refractivity contribution in [3.63, 3.8) is 0 Å². The largest absolute Gasteiger partial charge is 0.394 e. The molecule has 3 fully saturated rings. The predicted octanol–water partition coefficient (Wildman–Crippen LogP) is 5.11. The molecule has 2 aromatic rings. The maximum Gasteiger partial charge on any atom is 0.248 e. The third kappa shape index (κ3) is 4.45. The van der Waals surface area contributed by atoms with E-state index in [-0.39, 0.29) is 30.2 Å². The van der Waals surface area contributed by atoms with Gasteiger partial charge in [-0.1, -0.05) is 62.2 Å². The van der Waals surface area contributed by atoms with Crippen molar-refractivity contribution >= 4 is 52.5 Å². The van der Waals surface area contributed by atoms with Gasteiger partial charge in [0.1, 0.15) is 6.04 Å². The third-order valence-electron chi connectivity index (χ3n) is 9.10. The van der Waals surface area contributed by atoms with E-state index >= 15 is 0 Å². The van der Waals surface area contributed by atoms with Crippen molar-refractivity contribution < 1.29 is 19.5 Å². The van der Waals surface area contributed by atoms with Crippen LogP contribution >= 0.6 is 23.4 Å². The van der Waals surface area contributed by atoms with E-state index in [0.717, 1.165) is 12.0 Å². The molecule has 9 heteroatoms. The van der Waals surface area contributed by atoms with Gasteiger partial charge in [0.2, 0.25) is 17.7 Å². The van der Waals surface area contributed by atoms with Gasteiger partial charge in [-0.3, -0.25) is 14.4 Å². The molecule has 39 heavy (non-hydrogen) atoms. The van der Waals surface area contributed by atoms with Crippen LogP contribution in [0.25, 0.3) is 0 Å². The van der Waals surface area contributed by atoms with Crippen LogP contribution < -0.4 is 10.6 Å². The first-order valence-corrected chi connectivity index (χ1v) is 14.8. The van der Waals surface area contributed by atoms with E-state index in [4.69, 9.17) is 11.6 Å². The van der Waals surface area contributed by atoms with E-state index in [1.165, 1.54) is 0 Å². The third-order valence-corrected chi connectivity index (χ3v) is 11.4. The summed E-state index contributed by atoms with van der Waals surface area (Å²) in [4.78, 5) is 44.1. The number of benzene rings is 2. The molecule has 0 saturated carbocycles. The maximum absolute atomic E-state index is 14.4. The number of carbonyl (C=O) groups is 3. The number of hydrogen-bond donors (Lipinski definition) is 3. The number of hydrogen-bond acceptors (Lipinski definition) is 5. The molecule has 7 atom stereocenters. The Hall–Kier alpha value is -2.55. The smallest absolute Gasteiger partial charge is 0.248 e. The van der Waals surface area contributed by atoms with Crippen LogP contribution in [0.4, 0.5) is 11.4 Å². The lowest BCUT2D eigenvalue weighted by atomic mass is 9.66. The second-order valence-electron chi connectivity index (χ2n) is 11.4. The molecule has 3 aliphatic rings. The number of likely N-dealkylation sites (tertiary alicyclic amines) is 1. The first kappa shape index (κ1) is 28.0. The SMILES string of the molecule is CC[C@H](C)[C@H](CO)N1C(=O)[C@@H]2[C@@H](C(=O)Nc3ccccc3)[C@@]3(C)CCC2(S3)C1C(=O)Nc1c(C)cccc1Cl. The second-order valence-corrected chi connectivity index (χ2v) is 13.7. The molecule has 3 heterocycles. The van der Waals surface area contributed by atoms with Crippen LogP contribution in [0.2, 0.25) is 5.02 Å². The highest BCUT2D eigenvalue weighted by Crippen LogP contribution is 2.71. The molecule has 3 N–H and O–H groups in total. The fraction of sp³-hybridized carbons (Fsp3) is 0.500. The van der Waals surface area contributed by atoms with Crippen LogP contribution in [0, 0.1) is 24.7 Å². The monoisotopic (exact) mass is 569 g/mol. The van der Waals surface area contributed by atoms with Crippen molar-refractivity contribution in [3.8, 4) is 0 Å². The fourth-order valence-electron chi connectivity index (χ4n) is 6.96.